The Bertz CT molecular complexity index is 340. The van der Waals surface area contributed by atoms with Gasteiger partial charge in [0.2, 0.25) is 0 Å². The average Bonchev–Trinajstić information content (AvgIpc) is 2.16. The lowest BCUT2D eigenvalue weighted by atomic mass is 9.70. The summed E-state index contributed by atoms with van der Waals surface area (Å²) in [4.78, 5) is 0. The predicted octanol–water partition coefficient (Wildman–Crippen LogP) is 4.26. The molecule has 15 heavy (non-hydrogen) atoms. The maximum atomic E-state index is 13.0. The van der Waals surface area contributed by atoms with E-state index in [0.717, 1.165) is 24.3 Å². The van der Waals surface area contributed by atoms with Gasteiger partial charge in [0.25, 0.3) is 0 Å². The van der Waals surface area contributed by atoms with Crippen LogP contribution in [0.25, 0.3) is 0 Å². The maximum Gasteiger partial charge on any atom is 0.159 e. The second kappa shape index (κ2) is 4.30. The molecule has 2 rings (SSSR count). The number of hydrogen-bond donors (Lipinski definition) is 0. The van der Waals surface area contributed by atoms with Gasteiger partial charge in [-0.1, -0.05) is 25.8 Å². The van der Waals surface area contributed by atoms with E-state index in [-0.39, 0.29) is 0 Å². The highest BCUT2D eigenvalue weighted by atomic mass is 19.2. The third kappa shape index (κ3) is 2.19. The second-order valence-corrected chi connectivity index (χ2v) is 4.50. The van der Waals surface area contributed by atoms with Gasteiger partial charge in [-0.15, -0.1) is 0 Å². The zero-order valence-electron chi connectivity index (χ0n) is 8.97. The van der Waals surface area contributed by atoms with Gasteiger partial charge in [0.05, 0.1) is 0 Å². The van der Waals surface area contributed by atoms with Gasteiger partial charge in [0.1, 0.15) is 0 Å². The first-order valence-corrected chi connectivity index (χ1v) is 5.65. The van der Waals surface area contributed by atoms with Crippen LogP contribution in [0.4, 0.5) is 8.78 Å². The summed E-state index contributed by atoms with van der Waals surface area (Å²) in [6.45, 7) is 2.19. The highest BCUT2D eigenvalue weighted by Crippen LogP contribution is 2.43. The molecule has 0 heterocycles. The molecule has 0 unspecified atom stereocenters. The molecule has 0 spiro atoms. The van der Waals surface area contributed by atoms with Crippen LogP contribution in [0.5, 0.6) is 0 Å². The monoisotopic (exact) mass is 210 g/mol. The topological polar surface area (TPSA) is 0 Å². The van der Waals surface area contributed by atoms with E-state index < -0.39 is 11.6 Å². The van der Waals surface area contributed by atoms with Crippen molar-refractivity contribution in [3.05, 3.63) is 35.4 Å². The summed E-state index contributed by atoms with van der Waals surface area (Å²) in [6.07, 6.45) is 4.76. The van der Waals surface area contributed by atoms with Crippen molar-refractivity contribution in [2.45, 2.75) is 38.5 Å². The molecule has 1 aliphatic carbocycles. The quantitative estimate of drug-likeness (QED) is 0.699. The van der Waals surface area contributed by atoms with Crippen LogP contribution in [0, 0.1) is 17.6 Å². The minimum Gasteiger partial charge on any atom is -0.204 e. The third-order valence-corrected chi connectivity index (χ3v) is 3.35. The number of benzene rings is 1. The minimum absolute atomic E-state index is 0.455. The van der Waals surface area contributed by atoms with E-state index in [1.165, 1.54) is 25.0 Å². The molecule has 0 aliphatic heterocycles. The first-order valence-electron chi connectivity index (χ1n) is 5.65. The van der Waals surface area contributed by atoms with Crippen LogP contribution in [0.3, 0.4) is 0 Å². The largest absolute Gasteiger partial charge is 0.204 e. The molecule has 0 aromatic heterocycles. The van der Waals surface area contributed by atoms with Crippen molar-refractivity contribution >= 4 is 0 Å². The SMILES string of the molecule is CCCC1CC(c2ccc(F)c(F)c2)C1. The minimum atomic E-state index is -0.747. The van der Waals surface area contributed by atoms with Gasteiger partial charge in [0, 0.05) is 0 Å². The summed E-state index contributed by atoms with van der Waals surface area (Å²) >= 11 is 0. The Morgan fingerprint density at radius 2 is 1.93 bits per heavy atom. The summed E-state index contributed by atoms with van der Waals surface area (Å²) in [5.41, 5.74) is 0.959. The zero-order valence-corrected chi connectivity index (χ0v) is 8.97. The fourth-order valence-corrected chi connectivity index (χ4v) is 2.42. The highest BCUT2D eigenvalue weighted by molar-refractivity contribution is 5.23. The summed E-state index contributed by atoms with van der Waals surface area (Å²) in [6, 6.07) is 4.30. The normalized spacial score (nSPS) is 25.0. The Morgan fingerprint density at radius 1 is 1.20 bits per heavy atom. The lowest BCUT2D eigenvalue weighted by Gasteiger charge is -2.35. The summed E-state index contributed by atoms with van der Waals surface area (Å²) in [7, 11) is 0. The van der Waals surface area contributed by atoms with E-state index in [4.69, 9.17) is 0 Å². The fourth-order valence-electron chi connectivity index (χ4n) is 2.42. The summed E-state index contributed by atoms with van der Waals surface area (Å²) < 4.78 is 25.7. The Morgan fingerprint density at radius 3 is 2.53 bits per heavy atom. The van der Waals surface area contributed by atoms with Gasteiger partial charge in [0.15, 0.2) is 11.6 Å². The fraction of sp³-hybridized carbons (Fsp3) is 0.538. The molecule has 1 aliphatic rings. The lowest BCUT2D eigenvalue weighted by molar-refractivity contribution is 0.245. The van der Waals surface area contributed by atoms with Crippen LogP contribution in [0.2, 0.25) is 0 Å². The molecule has 0 amide bonds. The number of rotatable bonds is 3. The summed E-state index contributed by atoms with van der Waals surface area (Å²) in [5.74, 6) is -0.209. The highest BCUT2D eigenvalue weighted by Gasteiger charge is 2.29. The second-order valence-electron chi connectivity index (χ2n) is 4.50. The molecular weight excluding hydrogens is 194 g/mol. The van der Waals surface area contributed by atoms with E-state index in [1.54, 1.807) is 6.07 Å². The molecule has 1 saturated carbocycles. The molecule has 0 atom stereocenters. The molecule has 0 saturated heterocycles. The van der Waals surface area contributed by atoms with E-state index in [0.29, 0.717) is 5.92 Å². The molecule has 1 aromatic rings. The predicted molar refractivity (Wildman–Crippen MR) is 56.7 cm³/mol. The van der Waals surface area contributed by atoms with Gasteiger partial charge in [-0.25, -0.2) is 8.78 Å². The Labute approximate surface area is 89.3 Å². The lowest BCUT2D eigenvalue weighted by Crippen LogP contribution is -2.21. The molecule has 2 heteroatoms. The first-order chi connectivity index (χ1) is 7.20. The van der Waals surface area contributed by atoms with Gasteiger partial charge >= 0.3 is 0 Å². The smallest absolute Gasteiger partial charge is 0.159 e. The van der Waals surface area contributed by atoms with Crippen molar-refractivity contribution in [1.82, 2.24) is 0 Å². The van der Waals surface area contributed by atoms with Crippen molar-refractivity contribution in [3.8, 4) is 0 Å². The molecule has 82 valence electrons. The summed E-state index contributed by atoms with van der Waals surface area (Å²) in [5, 5.41) is 0. The molecular formula is C13H16F2. The maximum absolute atomic E-state index is 13.0. The molecule has 1 fully saturated rings. The zero-order chi connectivity index (χ0) is 10.8. The van der Waals surface area contributed by atoms with Crippen molar-refractivity contribution in [2.24, 2.45) is 5.92 Å². The number of hydrogen-bond acceptors (Lipinski definition) is 0. The van der Waals surface area contributed by atoms with Gasteiger partial charge in [-0.05, 0) is 42.4 Å². The van der Waals surface area contributed by atoms with E-state index in [2.05, 4.69) is 6.92 Å². The third-order valence-electron chi connectivity index (χ3n) is 3.35. The van der Waals surface area contributed by atoms with E-state index in [9.17, 15) is 8.78 Å². The van der Waals surface area contributed by atoms with Gasteiger partial charge < -0.3 is 0 Å². The van der Waals surface area contributed by atoms with Crippen molar-refractivity contribution in [2.75, 3.05) is 0 Å². The van der Waals surface area contributed by atoms with Crippen LogP contribution in [0.15, 0.2) is 18.2 Å². The van der Waals surface area contributed by atoms with Crippen LogP contribution >= 0.6 is 0 Å². The molecule has 1 aromatic carbocycles. The molecule has 0 N–H and O–H groups in total. The van der Waals surface area contributed by atoms with E-state index >= 15 is 0 Å². The Balaban J connectivity index is 1.98. The van der Waals surface area contributed by atoms with E-state index in [1.807, 2.05) is 0 Å². The number of halogens is 2. The Hall–Kier alpha value is -0.920. The van der Waals surface area contributed by atoms with Crippen LogP contribution in [0.1, 0.15) is 44.1 Å². The van der Waals surface area contributed by atoms with Crippen molar-refractivity contribution in [3.63, 3.8) is 0 Å². The van der Waals surface area contributed by atoms with Gasteiger partial charge in [-0.2, -0.15) is 0 Å². The standard InChI is InChI=1S/C13H16F2/c1-2-3-9-6-11(7-9)10-4-5-12(14)13(15)8-10/h4-5,8-9,11H,2-3,6-7H2,1H3. The van der Waals surface area contributed by atoms with Crippen molar-refractivity contribution < 1.29 is 8.78 Å². The van der Waals surface area contributed by atoms with Crippen LogP contribution < -0.4 is 0 Å². The van der Waals surface area contributed by atoms with Crippen LogP contribution in [-0.2, 0) is 0 Å². The molecule has 0 bridgehead atoms. The first kappa shape index (κ1) is 10.6. The molecule has 0 radical (unpaired) electrons. The van der Waals surface area contributed by atoms with Gasteiger partial charge in [-0.3, -0.25) is 0 Å². The Kier molecular flexibility index (Phi) is 3.03. The van der Waals surface area contributed by atoms with Crippen molar-refractivity contribution in [1.29, 1.82) is 0 Å². The average molecular weight is 210 g/mol. The van der Waals surface area contributed by atoms with Crippen LogP contribution in [-0.4, -0.2) is 0 Å². The molecule has 0 nitrogen and oxygen atoms in total.